The molecule has 0 aliphatic heterocycles. The Morgan fingerprint density at radius 2 is 1.43 bits per heavy atom. The highest BCUT2D eigenvalue weighted by Crippen LogP contribution is 2.30. The maximum atomic E-state index is 6.36. The van der Waals surface area contributed by atoms with Crippen LogP contribution in [0.5, 0.6) is 0 Å². The molecule has 1 nitrogen and oxygen atoms in total. The summed E-state index contributed by atoms with van der Waals surface area (Å²) in [6.07, 6.45) is 1.00. The molecule has 2 rings (SSSR count). The predicted molar refractivity (Wildman–Crippen MR) is 89.6 cm³/mol. The van der Waals surface area contributed by atoms with Gasteiger partial charge in [0.2, 0.25) is 0 Å². The zero-order valence-corrected chi connectivity index (χ0v) is 13.8. The lowest BCUT2D eigenvalue weighted by Crippen LogP contribution is -2.24. The molecule has 0 saturated carbocycles. The highest BCUT2D eigenvalue weighted by molar-refractivity contribution is 5.32. The van der Waals surface area contributed by atoms with E-state index in [9.17, 15) is 0 Å². The molecule has 2 aromatic carbocycles. The van der Waals surface area contributed by atoms with E-state index in [0.29, 0.717) is 0 Å². The van der Waals surface area contributed by atoms with Gasteiger partial charge in [-0.1, -0.05) is 48.5 Å². The van der Waals surface area contributed by atoms with Gasteiger partial charge in [0, 0.05) is 6.42 Å². The van der Waals surface area contributed by atoms with Crippen molar-refractivity contribution in [3.63, 3.8) is 0 Å². The molecule has 21 heavy (non-hydrogen) atoms. The van der Waals surface area contributed by atoms with Crippen LogP contribution in [0, 0.1) is 13.8 Å². The number of ether oxygens (including phenoxy) is 1. The molecular formula is C20H26O. The Morgan fingerprint density at radius 3 is 2.00 bits per heavy atom. The fourth-order valence-electron chi connectivity index (χ4n) is 2.63. The Bertz CT molecular complexity index is 593. The van der Waals surface area contributed by atoms with E-state index in [1.165, 1.54) is 22.3 Å². The number of hydrogen-bond donors (Lipinski definition) is 0. The first-order chi connectivity index (χ1) is 9.87. The summed E-state index contributed by atoms with van der Waals surface area (Å²) in [5.74, 6) is 0. The van der Waals surface area contributed by atoms with Crippen LogP contribution in [-0.2, 0) is 11.2 Å². The number of rotatable bonds is 4. The number of aryl methyl sites for hydroxylation is 2. The van der Waals surface area contributed by atoms with Crippen molar-refractivity contribution in [2.75, 3.05) is 0 Å². The van der Waals surface area contributed by atoms with Gasteiger partial charge in [-0.05, 0) is 56.9 Å². The minimum absolute atomic E-state index is 0.0901. The quantitative estimate of drug-likeness (QED) is 0.729. The van der Waals surface area contributed by atoms with Gasteiger partial charge in [0.05, 0.1) is 11.7 Å². The molecule has 0 amide bonds. The topological polar surface area (TPSA) is 9.23 Å². The van der Waals surface area contributed by atoms with Crippen LogP contribution in [0.4, 0.5) is 0 Å². The Kier molecular flexibility index (Phi) is 4.84. The van der Waals surface area contributed by atoms with Crippen LogP contribution in [0.15, 0.2) is 48.5 Å². The van der Waals surface area contributed by atoms with Crippen LogP contribution < -0.4 is 0 Å². The first-order valence-corrected chi connectivity index (χ1v) is 7.65. The lowest BCUT2D eigenvalue weighted by molar-refractivity contribution is -0.0616. The molecule has 2 aromatic rings. The zero-order valence-electron chi connectivity index (χ0n) is 13.8. The minimum Gasteiger partial charge on any atom is -0.368 e. The van der Waals surface area contributed by atoms with Gasteiger partial charge in [-0.25, -0.2) is 0 Å². The average molecular weight is 282 g/mol. The molecule has 0 bridgehead atoms. The molecule has 112 valence electrons. The molecule has 0 saturated heterocycles. The van der Waals surface area contributed by atoms with Gasteiger partial charge < -0.3 is 4.74 Å². The number of benzene rings is 2. The van der Waals surface area contributed by atoms with Crippen molar-refractivity contribution in [2.24, 2.45) is 0 Å². The van der Waals surface area contributed by atoms with Crippen molar-refractivity contribution in [2.45, 2.75) is 52.7 Å². The summed E-state index contributed by atoms with van der Waals surface area (Å²) >= 11 is 0. The summed E-state index contributed by atoms with van der Waals surface area (Å²) in [7, 11) is 0. The molecule has 0 spiro atoms. The molecule has 0 fully saturated rings. The largest absolute Gasteiger partial charge is 0.368 e. The first kappa shape index (κ1) is 15.8. The van der Waals surface area contributed by atoms with Crippen LogP contribution >= 0.6 is 0 Å². The van der Waals surface area contributed by atoms with E-state index in [2.05, 4.69) is 83.1 Å². The van der Waals surface area contributed by atoms with E-state index in [0.717, 1.165) is 6.42 Å². The van der Waals surface area contributed by atoms with Crippen molar-refractivity contribution < 1.29 is 4.74 Å². The van der Waals surface area contributed by atoms with Crippen molar-refractivity contribution >= 4 is 0 Å². The second-order valence-electron chi connectivity index (χ2n) is 6.71. The third kappa shape index (κ3) is 4.44. The van der Waals surface area contributed by atoms with Gasteiger partial charge >= 0.3 is 0 Å². The van der Waals surface area contributed by atoms with Crippen LogP contribution in [0.2, 0.25) is 0 Å². The highest BCUT2D eigenvalue weighted by atomic mass is 16.5. The molecule has 0 aromatic heterocycles. The van der Waals surface area contributed by atoms with Crippen LogP contribution in [0.3, 0.4) is 0 Å². The van der Waals surface area contributed by atoms with Gasteiger partial charge in [-0.15, -0.1) is 0 Å². The van der Waals surface area contributed by atoms with Crippen LogP contribution in [0.25, 0.3) is 0 Å². The van der Waals surface area contributed by atoms with Gasteiger partial charge in [-0.3, -0.25) is 0 Å². The molecule has 0 aliphatic rings. The molecule has 0 radical (unpaired) electrons. The highest BCUT2D eigenvalue weighted by Gasteiger charge is 2.22. The molecule has 0 heterocycles. The fraction of sp³-hybridized carbons (Fsp3) is 0.400. The normalized spacial score (nSPS) is 13.2. The second kappa shape index (κ2) is 6.44. The van der Waals surface area contributed by atoms with Crippen LogP contribution in [0.1, 0.15) is 49.1 Å². The average Bonchev–Trinajstić information content (AvgIpc) is 2.39. The second-order valence-corrected chi connectivity index (χ2v) is 6.71. The van der Waals surface area contributed by atoms with E-state index in [4.69, 9.17) is 4.74 Å². The van der Waals surface area contributed by atoms with Gasteiger partial charge in [0.1, 0.15) is 0 Å². The third-order valence-corrected chi connectivity index (χ3v) is 3.70. The lowest BCUT2D eigenvalue weighted by atomic mass is 9.95. The Morgan fingerprint density at radius 1 is 0.857 bits per heavy atom. The minimum atomic E-state index is -0.157. The SMILES string of the molecule is Cc1ccccc1CC(OC(C)(C)C)c1ccccc1C. The zero-order chi connectivity index (χ0) is 15.5. The van der Waals surface area contributed by atoms with Crippen molar-refractivity contribution in [3.8, 4) is 0 Å². The van der Waals surface area contributed by atoms with E-state index < -0.39 is 0 Å². The molecule has 1 unspecified atom stereocenters. The molecule has 0 N–H and O–H groups in total. The third-order valence-electron chi connectivity index (χ3n) is 3.70. The molecular weight excluding hydrogens is 256 g/mol. The van der Waals surface area contributed by atoms with Gasteiger partial charge in [0.25, 0.3) is 0 Å². The molecule has 0 aliphatic carbocycles. The van der Waals surface area contributed by atoms with E-state index in [1.54, 1.807) is 0 Å². The monoisotopic (exact) mass is 282 g/mol. The Hall–Kier alpha value is -1.60. The lowest BCUT2D eigenvalue weighted by Gasteiger charge is -2.29. The summed E-state index contributed by atoms with van der Waals surface area (Å²) in [6, 6.07) is 17.1. The van der Waals surface area contributed by atoms with Crippen LogP contribution in [-0.4, -0.2) is 5.60 Å². The summed E-state index contributed by atoms with van der Waals surface area (Å²) in [4.78, 5) is 0. The predicted octanol–water partition coefficient (Wildman–Crippen LogP) is 5.40. The first-order valence-electron chi connectivity index (χ1n) is 7.65. The standard InChI is InChI=1S/C20H26O/c1-15-10-6-8-12-17(15)14-19(21-20(3,4)5)18-13-9-7-11-16(18)2/h6-13,19H,14H2,1-5H3. The summed E-state index contributed by atoms with van der Waals surface area (Å²) < 4.78 is 6.36. The summed E-state index contributed by atoms with van der Waals surface area (Å²) in [5.41, 5.74) is 5.11. The van der Waals surface area contributed by atoms with Crippen molar-refractivity contribution in [1.82, 2.24) is 0 Å². The van der Waals surface area contributed by atoms with Gasteiger partial charge in [0.15, 0.2) is 0 Å². The fourth-order valence-corrected chi connectivity index (χ4v) is 2.63. The summed E-state index contributed by atoms with van der Waals surface area (Å²) in [5, 5.41) is 0. The van der Waals surface area contributed by atoms with Gasteiger partial charge in [-0.2, -0.15) is 0 Å². The van der Waals surface area contributed by atoms with Crippen molar-refractivity contribution in [1.29, 1.82) is 0 Å². The Balaban J connectivity index is 2.33. The van der Waals surface area contributed by atoms with Crippen molar-refractivity contribution in [3.05, 3.63) is 70.8 Å². The van der Waals surface area contributed by atoms with E-state index in [-0.39, 0.29) is 11.7 Å². The maximum absolute atomic E-state index is 6.36. The smallest absolute Gasteiger partial charge is 0.0875 e. The molecule has 1 heteroatoms. The molecule has 1 atom stereocenters. The van der Waals surface area contributed by atoms with E-state index in [1.807, 2.05) is 0 Å². The van der Waals surface area contributed by atoms with E-state index >= 15 is 0 Å². The number of hydrogen-bond acceptors (Lipinski definition) is 1. The Labute approximate surface area is 129 Å². The summed E-state index contributed by atoms with van der Waals surface area (Å²) in [6.45, 7) is 10.7. The maximum Gasteiger partial charge on any atom is 0.0875 e.